The number of nitrogens with one attached hydrogen (secondary N) is 1. The van der Waals surface area contributed by atoms with Gasteiger partial charge in [-0.2, -0.15) is 0 Å². The van der Waals surface area contributed by atoms with Gasteiger partial charge in [-0.3, -0.25) is 9.59 Å². The van der Waals surface area contributed by atoms with E-state index in [0.717, 1.165) is 16.5 Å². The number of amides is 2. The van der Waals surface area contributed by atoms with Gasteiger partial charge in [-0.25, -0.2) is 9.59 Å². The number of carbonyl (C=O) groups is 4. The van der Waals surface area contributed by atoms with E-state index in [9.17, 15) is 19.2 Å². The lowest BCUT2D eigenvalue weighted by Crippen LogP contribution is -2.42. The van der Waals surface area contributed by atoms with Crippen molar-refractivity contribution >= 4 is 23.9 Å². The Labute approximate surface area is 168 Å². The zero-order chi connectivity index (χ0) is 21.2. The second-order valence-electron chi connectivity index (χ2n) is 6.08. The molecule has 1 fully saturated rings. The fourth-order valence-corrected chi connectivity index (χ4v) is 2.73. The lowest BCUT2D eigenvalue weighted by Gasteiger charge is -2.17. The van der Waals surface area contributed by atoms with Gasteiger partial charge in [0.1, 0.15) is 19.2 Å². The van der Waals surface area contributed by atoms with Crippen LogP contribution in [0.15, 0.2) is 42.1 Å². The van der Waals surface area contributed by atoms with Crippen molar-refractivity contribution in [3.63, 3.8) is 0 Å². The molecule has 2 rings (SSSR count). The molecular formula is C20H24N2O7. The Balaban J connectivity index is 2.03. The maximum absolute atomic E-state index is 12.7. The van der Waals surface area contributed by atoms with Gasteiger partial charge in [0.05, 0.1) is 13.2 Å². The summed E-state index contributed by atoms with van der Waals surface area (Å²) >= 11 is 0. The summed E-state index contributed by atoms with van der Waals surface area (Å²) in [5.41, 5.74) is 1.06. The van der Waals surface area contributed by atoms with Crippen molar-refractivity contribution in [3.05, 3.63) is 47.7 Å². The van der Waals surface area contributed by atoms with Crippen molar-refractivity contribution in [1.29, 1.82) is 0 Å². The molecule has 1 heterocycles. The normalized spacial score (nSPS) is 17.2. The van der Waals surface area contributed by atoms with Crippen LogP contribution in [0.1, 0.15) is 25.8 Å². The average Bonchev–Trinajstić information content (AvgIpc) is 2.96. The first kappa shape index (κ1) is 21.9. The summed E-state index contributed by atoms with van der Waals surface area (Å²) in [6.07, 6.45) is 0.385. The average molecular weight is 404 g/mol. The summed E-state index contributed by atoms with van der Waals surface area (Å²) in [5.74, 6) is -1.80. The van der Waals surface area contributed by atoms with E-state index >= 15 is 0 Å². The number of likely N-dealkylation sites (tertiary alicyclic amines) is 1. The lowest BCUT2D eigenvalue weighted by molar-refractivity contribution is -0.147. The molecule has 1 aromatic carbocycles. The van der Waals surface area contributed by atoms with Gasteiger partial charge in [-0.15, -0.1) is 0 Å². The molecule has 0 bridgehead atoms. The first-order chi connectivity index (χ1) is 13.9. The highest BCUT2D eigenvalue weighted by molar-refractivity contribution is 5.94. The summed E-state index contributed by atoms with van der Waals surface area (Å²) in [7, 11) is 0. The van der Waals surface area contributed by atoms with Gasteiger partial charge in [0.2, 0.25) is 5.91 Å². The molecule has 1 aliphatic heterocycles. The molecule has 0 aliphatic carbocycles. The molecule has 0 radical (unpaired) electrons. The molecule has 1 aliphatic rings. The standard InChI is InChI=1S/C20H24N2O7/c1-3-27-17(23)11-15-10-16(19(25)22(15)12-18(24)28-4-2)21-20(26)29-13-14-8-6-5-7-9-14/h5-9,11,16H,3-4,10,12-13H2,1-2H3,(H,21,26)/b15-11-/t16-/m0/s1. The number of hydrogen-bond donors (Lipinski definition) is 1. The molecule has 156 valence electrons. The Morgan fingerprint density at radius 1 is 1.10 bits per heavy atom. The molecule has 0 aromatic heterocycles. The third-order valence-corrected chi connectivity index (χ3v) is 3.99. The highest BCUT2D eigenvalue weighted by Gasteiger charge is 2.38. The van der Waals surface area contributed by atoms with Crippen molar-refractivity contribution in [2.45, 2.75) is 32.9 Å². The van der Waals surface area contributed by atoms with E-state index in [1.807, 2.05) is 18.2 Å². The van der Waals surface area contributed by atoms with Gasteiger partial charge in [-0.1, -0.05) is 30.3 Å². The molecule has 1 atom stereocenters. The topological polar surface area (TPSA) is 111 Å². The number of hydrogen-bond acceptors (Lipinski definition) is 7. The minimum Gasteiger partial charge on any atom is -0.465 e. The van der Waals surface area contributed by atoms with E-state index in [1.165, 1.54) is 0 Å². The van der Waals surface area contributed by atoms with Crippen LogP contribution >= 0.6 is 0 Å². The Hall–Kier alpha value is -3.36. The van der Waals surface area contributed by atoms with Crippen LogP contribution in [0.4, 0.5) is 4.79 Å². The summed E-state index contributed by atoms with van der Waals surface area (Å²) in [5, 5.41) is 2.47. The van der Waals surface area contributed by atoms with E-state index < -0.39 is 30.0 Å². The van der Waals surface area contributed by atoms with E-state index in [-0.39, 0.29) is 38.5 Å². The van der Waals surface area contributed by atoms with E-state index in [2.05, 4.69) is 5.32 Å². The fourth-order valence-electron chi connectivity index (χ4n) is 2.73. The molecule has 0 saturated carbocycles. The monoisotopic (exact) mass is 404 g/mol. The van der Waals surface area contributed by atoms with Crippen LogP contribution in [0.25, 0.3) is 0 Å². The summed E-state index contributed by atoms with van der Waals surface area (Å²) in [4.78, 5) is 49.4. The van der Waals surface area contributed by atoms with Crippen molar-refractivity contribution in [1.82, 2.24) is 10.2 Å². The molecule has 9 nitrogen and oxygen atoms in total. The quantitative estimate of drug-likeness (QED) is 0.397. The maximum atomic E-state index is 12.7. The molecule has 1 aromatic rings. The number of nitrogens with zero attached hydrogens (tertiary/aromatic N) is 1. The predicted molar refractivity (Wildman–Crippen MR) is 101 cm³/mol. The number of benzene rings is 1. The molecule has 2 amide bonds. The Morgan fingerprint density at radius 2 is 1.79 bits per heavy atom. The van der Waals surface area contributed by atoms with Gasteiger partial charge in [0.25, 0.3) is 0 Å². The zero-order valence-corrected chi connectivity index (χ0v) is 16.4. The van der Waals surface area contributed by atoms with Gasteiger partial charge in [-0.05, 0) is 19.4 Å². The summed E-state index contributed by atoms with van der Waals surface area (Å²) < 4.78 is 14.9. The second kappa shape index (κ2) is 10.8. The van der Waals surface area contributed by atoms with Crippen LogP contribution in [0.3, 0.4) is 0 Å². The van der Waals surface area contributed by atoms with Crippen LogP contribution in [0, 0.1) is 0 Å². The van der Waals surface area contributed by atoms with Crippen LogP contribution < -0.4 is 5.32 Å². The summed E-state index contributed by atoms with van der Waals surface area (Å²) in [6.45, 7) is 3.31. The Morgan fingerprint density at radius 3 is 2.45 bits per heavy atom. The van der Waals surface area contributed by atoms with Crippen molar-refractivity contribution in [2.75, 3.05) is 19.8 Å². The SMILES string of the molecule is CCOC(=O)/C=C1/C[C@H](NC(=O)OCc2ccccc2)C(=O)N1CC(=O)OCC. The molecule has 29 heavy (non-hydrogen) atoms. The number of ether oxygens (including phenoxy) is 3. The van der Waals surface area contributed by atoms with E-state index in [1.54, 1.807) is 26.0 Å². The largest absolute Gasteiger partial charge is 0.465 e. The van der Waals surface area contributed by atoms with Crippen LogP contribution in [0.2, 0.25) is 0 Å². The summed E-state index contributed by atoms with van der Waals surface area (Å²) in [6, 6.07) is 8.11. The molecule has 1 saturated heterocycles. The maximum Gasteiger partial charge on any atom is 0.408 e. The molecular weight excluding hydrogens is 380 g/mol. The highest BCUT2D eigenvalue weighted by atomic mass is 16.5. The second-order valence-corrected chi connectivity index (χ2v) is 6.08. The van der Waals surface area contributed by atoms with Crippen LogP contribution in [0.5, 0.6) is 0 Å². The number of rotatable bonds is 8. The first-order valence-corrected chi connectivity index (χ1v) is 9.26. The van der Waals surface area contributed by atoms with Gasteiger partial charge in [0.15, 0.2) is 0 Å². The number of esters is 2. The van der Waals surface area contributed by atoms with E-state index in [0.29, 0.717) is 0 Å². The van der Waals surface area contributed by atoms with Crippen LogP contribution in [-0.2, 0) is 35.2 Å². The fraction of sp³-hybridized carbons (Fsp3) is 0.400. The third-order valence-electron chi connectivity index (χ3n) is 3.99. The number of carbonyl (C=O) groups excluding carboxylic acids is 4. The van der Waals surface area contributed by atoms with Crippen molar-refractivity contribution in [3.8, 4) is 0 Å². The molecule has 9 heteroatoms. The van der Waals surface area contributed by atoms with Crippen molar-refractivity contribution in [2.24, 2.45) is 0 Å². The lowest BCUT2D eigenvalue weighted by atomic mass is 10.2. The first-order valence-electron chi connectivity index (χ1n) is 9.26. The number of alkyl carbamates (subject to hydrolysis) is 1. The predicted octanol–water partition coefficient (Wildman–Crippen LogP) is 1.52. The van der Waals surface area contributed by atoms with E-state index in [4.69, 9.17) is 14.2 Å². The van der Waals surface area contributed by atoms with Gasteiger partial charge >= 0.3 is 18.0 Å². The highest BCUT2D eigenvalue weighted by Crippen LogP contribution is 2.23. The molecule has 0 spiro atoms. The third kappa shape index (κ3) is 6.63. The minimum absolute atomic E-state index is 0.0253. The van der Waals surface area contributed by atoms with Crippen molar-refractivity contribution < 1.29 is 33.4 Å². The zero-order valence-electron chi connectivity index (χ0n) is 16.4. The van der Waals surface area contributed by atoms with Crippen LogP contribution in [-0.4, -0.2) is 54.6 Å². The Kier molecular flexibility index (Phi) is 8.20. The molecule has 0 unspecified atom stereocenters. The smallest absolute Gasteiger partial charge is 0.408 e. The molecule has 1 N–H and O–H groups in total. The Bertz CT molecular complexity index is 776. The minimum atomic E-state index is -0.964. The van der Waals surface area contributed by atoms with Gasteiger partial charge < -0.3 is 24.4 Å². The van der Waals surface area contributed by atoms with Gasteiger partial charge in [0, 0.05) is 18.2 Å².